The summed E-state index contributed by atoms with van der Waals surface area (Å²) < 4.78 is 37.3. The molecule has 2 saturated heterocycles. The Balaban J connectivity index is 1.30. The fraction of sp³-hybridized carbons (Fsp3) is 0.609. The van der Waals surface area contributed by atoms with Crippen molar-refractivity contribution in [3.63, 3.8) is 0 Å². The molecule has 1 aromatic carbocycles. The van der Waals surface area contributed by atoms with Crippen molar-refractivity contribution < 1.29 is 22.7 Å². The number of aryl methyl sites for hydroxylation is 2. The van der Waals surface area contributed by atoms with Crippen LogP contribution in [-0.4, -0.2) is 72.6 Å². The van der Waals surface area contributed by atoms with Gasteiger partial charge in [-0.1, -0.05) is 12.1 Å². The Bertz CT molecular complexity index is 1280. The van der Waals surface area contributed by atoms with Gasteiger partial charge >= 0.3 is 5.69 Å². The number of nitrogens with one attached hydrogen (secondary N) is 2. The van der Waals surface area contributed by atoms with E-state index in [2.05, 4.69) is 10.0 Å². The minimum atomic E-state index is -3.52. The summed E-state index contributed by atoms with van der Waals surface area (Å²) in [5, 5.41) is 2.32. The molecule has 2 aliphatic heterocycles. The van der Waals surface area contributed by atoms with Gasteiger partial charge in [0.2, 0.25) is 11.8 Å². The van der Waals surface area contributed by atoms with E-state index >= 15 is 0 Å². The monoisotopic (exact) mass is 522 g/mol. The first kappa shape index (κ1) is 26.5. The van der Waals surface area contributed by atoms with Crippen molar-refractivity contribution in [3.8, 4) is 0 Å². The number of benzene rings is 1. The van der Waals surface area contributed by atoms with Crippen LogP contribution in [0.25, 0.3) is 11.0 Å². The van der Waals surface area contributed by atoms with Crippen molar-refractivity contribution >= 4 is 33.1 Å². The molecule has 0 bridgehead atoms. The van der Waals surface area contributed by atoms with Crippen LogP contribution >= 0.6 is 0 Å². The number of nitrogens with zero attached hydrogens (tertiary/aromatic N) is 3. The summed E-state index contributed by atoms with van der Waals surface area (Å²) in [5.41, 5.74) is 7.89. The van der Waals surface area contributed by atoms with Crippen LogP contribution in [0.5, 0.6) is 0 Å². The molecule has 1 atom stereocenters. The van der Waals surface area contributed by atoms with Crippen molar-refractivity contribution in [2.24, 2.45) is 12.8 Å². The zero-order valence-corrected chi connectivity index (χ0v) is 21.3. The molecule has 0 aliphatic carbocycles. The molecule has 198 valence electrons. The maximum atomic E-state index is 13.0. The summed E-state index contributed by atoms with van der Waals surface area (Å²) in [7, 11) is -1.85. The molecule has 0 spiro atoms. The first-order valence-electron chi connectivity index (χ1n) is 12.3. The van der Waals surface area contributed by atoms with Crippen molar-refractivity contribution in [3.05, 3.63) is 34.2 Å². The Hall–Kier alpha value is -2.58. The second-order valence-corrected chi connectivity index (χ2v) is 11.1. The summed E-state index contributed by atoms with van der Waals surface area (Å²) in [6.07, 6.45) is 3.12. The predicted octanol–water partition coefficient (Wildman–Crippen LogP) is -0.476. The number of hydrogen-bond donors (Lipinski definition) is 3. The summed E-state index contributed by atoms with van der Waals surface area (Å²) in [6.45, 7) is 1.72. The summed E-state index contributed by atoms with van der Waals surface area (Å²) in [6, 6.07) is 4.94. The van der Waals surface area contributed by atoms with Crippen molar-refractivity contribution in [2.75, 3.05) is 32.8 Å². The average molecular weight is 523 g/mol. The largest absolute Gasteiger partial charge is 0.380 e. The van der Waals surface area contributed by atoms with Gasteiger partial charge in [-0.25, -0.2) is 4.79 Å². The lowest BCUT2D eigenvalue weighted by Crippen LogP contribution is -2.48. The molecular weight excluding hydrogens is 488 g/mol. The van der Waals surface area contributed by atoms with E-state index in [0.717, 1.165) is 11.1 Å². The van der Waals surface area contributed by atoms with Crippen LogP contribution in [0, 0.1) is 0 Å². The van der Waals surface area contributed by atoms with E-state index in [1.54, 1.807) is 7.05 Å². The highest BCUT2D eigenvalue weighted by Gasteiger charge is 2.31. The highest BCUT2D eigenvalue weighted by molar-refractivity contribution is 7.87. The highest BCUT2D eigenvalue weighted by atomic mass is 32.2. The lowest BCUT2D eigenvalue weighted by atomic mass is 10.0. The van der Waals surface area contributed by atoms with Gasteiger partial charge in [-0.05, 0) is 43.7 Å². The molecule has 1 unspecified atom stereocenters. The third kappa shape index (κ3) is 5.70. The molecule has 12 nitrogen and oxygen atoms in total. The van der Waals surface area contributed by atoms with Crippen LogP contribution < -0.4 is 21.5 Å². The van der Waals surface area contributed by atoms with Crippen molar-refractivity contribution in [2.45, 2.75) is 50.6 Å². The Morgan fingerprint density at radius 1 is 1.14 bits per heavy atom. The number of carbonyl (C=O) groups excluding carboxylic acids is 2. The molecule has 4 rings (SSSR count). The van der Waals surface area contributed by atoms with Gasteiger partial charge in [0.15, 0.2) is 0 Å². The molecule has 2 aliphatic rings. The van der Waals surface area contributed by atoms with Gasteiger partial charge in [0, 0.05) is 45.8 Å². The quantitative estimate of drug-likeness (QED) is 0.281. The van der Waals surface area contributed by atoms with E-state index in [4.69, 9.17) is 10.5 Å². The average Bonchev–Trinajstić information content (AvgIpc) is 3.09. The van der Waals surface area contributed by atoms with Gasteiger partial charge in [-0.15, -0.1) is 0 Å². The smallest absolute Gasteiger partial charge is 0.329 e. The standard InChI is InChI=1S/C23H34N6O6S/c1-27-21-16(4-2-6-18(21)29(23(27)32)19-7-8-20(30)26-22(19)31)5-3-14-35-15-11-25-36(33,34)28-12-9-17(24)10-13-28/h2,4,6,17,19,25H,3,5,7-15,24H2,1H3,(H,26,30,31). The van der Waals surface area contributed by atoms with Crippen molar-refractivity contribution in [1.82, 2.24) is 23.5 Å². The van der Waals surface area contributed by atoms with Crippen LogP contribution in [0.15, 0.2) is 23.0 Å². The number of imidazole rings is 1. The Kier molecular flexibility index (Phi) is 8.25. The van der Waals surface area contributed by atoms with E-state index in [1.165, 1.54) is 13.4 Å². The van der Waals surface area contributed by atoms with Gasteiger partial charge in [-0.2, -0.15) is 17.4 Å². The number of aromatic nitrogens is 2. The molecule has 0 saturated carbocycles. The zero-order chi connectivity index (χ0) is 25.9. The SMILES string of the molecule is Cn1c(=O)n(C2CCC(=O)NC2=O)c2cccc(CCCOCCNS(=O)(=O)N3CCC(N)CC3)c21. The first-order valence-corrected chi connectivity index (χ1v) is 13.7. The second kappa shape index (κ2) is 11.2. The summed E-state index contributed by atoms with van der Waals surface area (Å²) in [5.74, 6) is -0.784. The molecule has 3 heterocycles. The molecule has 0 radical (unpaired) electrons. The summed E-state index contributed by atoms with van der Waals surface area (Å²) >= 11 is 0. The predicted molar refractivity (Wildman–Crippen MR) is 133 cm³/mol. The fourth-order valence-corrected chi connectivity index (χ4v) is 6.08. The third-order valence-corrected chi connectivity index (χ3v) is 8.43. The Labute approximate surface area is 209 Å². The number of rotatable bonds is 10. The summed E-state index contributed by atoms with van der Waals surface area (Å²) in [4.78, 5) is 36.9. The molecule has 13 heteroatoms. The second-order valence-electron chi connectivity index (χ2n) is 9.32. The van der Waals surface area contributed by atoms with Crippen LogP contribution in [0.4, 0.5) is 0 Å². The highest BCUT2D eigenvalue weighted by Crippen LogP contribution is 2.25. The normalized spacial score (nSPS) is 20.2. The maximum Gasteiger partial charge on any atom is 0.329 e. The van der Waals surface area contributed by atoms with Crippen LogP contribution in [0.1, 0.15) is 43.7 Å². The van der Waals surface area contributed by atoms with E-state index in [9.17, 15) is 22.8 Å². The van der Waals surface area contributed by atoms with Crippen LogP contribution in [-0.2, 0) is 38.0 Å². The van der Waals surface area contributed by atoms with E-state index in [0.29, 0.717) is 50.9 Å². The lowest BCUT2D eigenvalue weighted by molar-refractivity contribution is -0.135. The number of amides is 2. The molecular formula is C23H34N6O6S. The Morgan fingerprint density at radius 2 is 1.89 bits per heavy atom. The molecule has 1 aromatic heterocycles. The number of para-hydroxylation sites is 1. The number of hydrogen-bond acceptors (Lipinski definition) is 7. The number of ether oxygens (including phenoxy) is 1. The number of imide groups is 1. The molecule has 2 fully saturated rings. The Morgan fingerprint density at radius 3 is 2.61 bits per heavy atom. The van der Waals surface area contributed by atoms with E-state index < -0.39 is 22.2 Å². The van der Waals surface area contributed by atoms with Gasteiger partial charge in [-0.3, -0.25) is 24.0 Å². The van der Waals surface area contributed by atoms with Gasteiger partial charge in [0.05, 0.1) is 17.6 Å². The van der Waals surface area contributed by atoms with Crippen LogP contribution in [0.3, 0.4) is 0 Å². The lowest BCUT2D eigenvalue weighted by Gasteiger charge is -2.29. The minimum Gasteiger partial charge on any atom is -0.380 e. The van der Waals surface area contributed by atoms with Crippen molar-refractivity contribution in [1.29, 1.82) is 0 Å². The van der Waals surface area contributed by atoms with E-state index in [-0.39, 0.29) is 43.6 Å². The molecule has 36 heavy (non-hydrogen) atoms. The third-order valence-electron chi connectivity index (χ3n) is 6.81. The first-order chi connectivity index (χ1) is 17.2. The van der Waals surface area contributed by atoms with Crippen LogP contribution in [0.2, 0.25) is 0 Å². The number of piperidine rings is 2. The minimum absolute atomic E-state index is 0.0593. The number of nitrogens with two attached hydrogens (primary N) is 1. The number of fused-ring (bicyclic) bond motifs is 1. The number of carbonyl (C=O) groups is 2. The van der Waals surface area contributed by atoms with Gasteiger partial charge in [0.1, 0.15) is 6.04 Å². The topological polar surface area (TPSA) is 158 Å². The molecule has 2 aromatic rings. The van der Waals surface area contributed by atoms with E-state index in [1.807, 2.05) is 18.2 Å². The van der Waals surface area contributed by atoms with Gasteiger partial charge < -0.3 is 10.5 Å². The maximum absolute atomic E-state index is 13.0. The fourth-order valence-electron chi connectivity index (χ4n) is 4.87. The van der Waals surface area contributed by atoms with Gasteiger partial charge in [0.25, 0.3) is 10.2 Å². The molecule has 4 N–H and O–H groups in total. The zero-order valence-electron chi connectivity index (χ0n) is 20.4. The molecule has 2 amide bonds.